The van der Waals surface area contributed by atoms with Gasteiger partial charge in [0.25, 0.3) is 0 Å². The number of hydrogen-bond acceptors (Lipinski definition) is 3. The predicted octanol–water partition coefficient (Wildman–Crippen LogP) is 13.4. The van der Waals surface area contributed by atoms with Crippen molar-refractivity contribution in [2.45, 2.75) is 0 Å². The first kappa shape index (κ1) is 37.0. The van der Waals surface area contributed by atoms with E-state index < -0.39 is 0 Å². The van der Waals surface area contributed by atoms with Gasteiger partial charge in [-0.25, -0.2) is 4.98 Å². The van der Waals surface area contributed by atoms with Crippen molar-refractivity contribution in [1.82, 2.24) is 19.1 Å². The Morgan fingerprint density at radius 1 is 0.450 bits per heavy atom. The average molecular weight is 951 g/mol. The van der Waals surface area contributed by atoms with E-state index in [9.17, 15) is 5.11 Å². The van der Waals surface area contributed by atoms with Crippen LogP contribution in [0.2, 0.25) is 0 Å². The zero-order valence-corrected chi connectivity index (χ0v) is 34.5. The molecule has 0 unspecified atom stereocenters. The number of benzene rings is 8. The number of rotatable bonds is 7. The molecule has 0 saturated carbocycles. The van der Waals surface area contributed by atoms with Crippen LogP contribution in [-0.4, -0.2) is 24.2 Å². The summed E-state index contributed by atoms with van der Waals surface area (Å²) in [6, 6.07) is 72.4. The molecule has 8 aromatic carbocycles. The first-order valence-corrected chi connectivity index (χ1v) is 19.7. The minimum Gasteiger partial charge on any atom is -0.507 e. The first-order chi connectivity index (χ1) is 29.2. The molecule has 0 spiro atoms. The normalized spacial score (nSPS) is 11.3. The van der Waals surface area contributed by atoms with Crippen molar-refractivity contribution in [1.29, 1.82) is 0 Å². The fourth-order valence-corrected chi connectivity index (χ4v) is 8.45. The number of phenolic OH excluding ortho intramolecular Hbond substituents is 1. The molecule has 0 aliphatic heterocycles. The van der Waals surface area contributed by atoms with Crippen LogP contribution in [0.25, 0.3) is 100 Å². The zero-order valence-electron chi connectivity index (χ0n) is 32.2. The predicted molar refractivity (Wildman–Crippen MR) is 241 cm³/mol. The number of nitrogens with zero attached hydrogens (tertiary/aromatic N) is 4. The van der Waals surface area contributed by atoms with Crippen LogP contribution in [0, 0.1) is 6.07 Å². The molecule has 11 rings (SSSR count). The molecule has 0 aliphatic carbocycles. The van der Waals surface area contributed by atoms with Gasteiger partial charge in [-0.05, 0) is 59.7 Å². The molecule has 60 heavy (non-hydrogen) atoms. The Bertz CT molecular complexity index is 3340. The van der Waals surface area contributed by atoms with Crippen molar-refractivity contribution in [3.8, 4) is 73.2 Å². The summed E-state index contributed by atoms with van der Waals surface area (Å²) >= 11 is 0. The van der Waals surface area contributed by atoms with E-state index in [1.54, 1.807) is 6.07 Å². The number of imidazole rings is 1. The summed E-state index contributed by atoms with van der Waals surface area (Å²) in [7, 11) is 0. The number of hydrogen-bond donors (Lipinski definition) is 1. The summed E-state index contributed by atoms with van der Waals surface area (Å²) in [4.78, 5) is 10.5. The van der Waals surface area contributed by atoms with E-state index in [1.807, 2.05) is 42.6 Å². The molecule has 0 fully saturated rings. The molecule has 1 N–H and O–H groups in total. The molecule has 3 heterocycles. The second-order valence-corrected chi connectivity index (χ2v) is 14.7. The van der Waals surface area contributed by atoms with Crippen LogP contribution < -0.4 is 0 Å². The van der Waals surface area contributed by atoms with Gasteiger partial charge in [0.15, 0.2) is 0 Å². The third-order valence-corrected chi connectivity index (χ3v) is 11.2. The van der Waals surface area contributed by atoms with Crippen LogP contribution >= 0.6 is 0 Å². The third-order valence-electron chi connectivity index (χ3n) is 11.2. The minimum absolute atomic E-state index is 0. The van der Waals surface area contributed by atoms with Crippen LogP contribution in [0.3, 0.4) is 0 Å². The molecule has 11 aromatic rings. The van der Waals surface area contributed by atoms with E-state index in [4.69, 9.17) is 9.97 Å². The second-order valence-electron chi connectivity index (χ2n) is 14.7. The van der Waals surface area contributed by atoms with Crippen LogP contribution in [-0.2, 0) is 21.1 Å². The van der Waals surface area contributed by atoms with Crippen molar-refractivity contribution in [3.63, 3.8) is 0 Å². The smallest absolute Gasteiger partial charge is 0.148 e. The van der Waals surface area contributed by atoms with Crippen molar-refractivity contribution >= 4 is 32.8 Å². The molecule has 5 nitrogen and oxygen atoms in total. The van der Waals surface area contributed by atoms with E-state index in [-0.39, 0.29) is 26.8 Å². The molecule has 288 valence electrons. The Balaban J connectivity index is 0.00000433. The maximum atomic E-state index is 11.3. The molecule has 0 aliphatic rings. The van der Waals surface area contributed by atoms with E-state index in [0.717, 1.165) is 88.9 Å². The SMILES string of the molecule is Oc1ccccc1-c1nc2c(-c3[c-]c(-c4cc5c(cn4)c4ccccc4n5-c4ccccc4)cc(-c4ccccc4)c3)cccc2n1-c1ccccc1-c1ccccc1.[Pt]. The van der Waals surface area contributed by atoms with Gasteiger partial charge in [0, 0.05) is 55.0 Å². The van der Waals surface area contributed by atoms with Crippen LogP contribution in [0.15, 0.2) is 206 Å². The summed E-state index contributed by atoms with van der Waals surface area (Å²) < 4.78 is 4.50. The number of phenols is 1. The van der Waals surface area contributed by atoms with E-state index in [1.165, 1.54) is 0 Å². The molecule has 6 heteroatoms. The number of aromatic nitrogens is 4. The van der Waals surface area contributed by atoms with Gasteiger partial charge in [-0.1, -0.05) is 156 Å². The molecular formula is C54H35N4OPt-. The molecule has 3 aromatic heterocycles. The Labute approximate surface area is 361 Å². The number of pyridine rings is 1. The topological polar surface area (TPSA) is 55.9 Å². The minimum atomic E-state index is 0. The fourth-order valence-electron chi connectivity index (χ4n) is 8.45. The van der Waals surface area contributed by atoms with Crippen molar-refractivity contribution in [3.05, 3.63) is 212 Å². The van der Waals surface area contributed by atoms with Gasteiger partial charge in [-0.2, -0.15) is 0 Å². The van der Waals surface area contributed by atoms with Gasteiger partial charge in [0.2, 0.25) is 0 Å². The van der Waals surface area contributed by atoms with Gasteiger partial charge in [-0.15, -0.1) is 23.8 Å². The van der Waals surface area contributed by atoms with Crippen molar-refractivity contribution < 1.29 is 26.2 Å². The Kier molecular flexibility index (Phi) is 9.52. The molecule has 0 radical (unpaired) electrons. The van der Waals surface area contributed by atoms with Crippen LogP contribution in [0.1, 0.15) is 0 Å². The van der Waals surface area contributed by atoms with Gasteiger partial charge < -0.3 is 9.67 Å². The van der Waals surface area contributed by atoms with Gasteiger partial charge in [0.1, 0.15) is 11.6 Å². The van der Waals surface area contributed by atoms with E-state index in [2.05, 4.69) is 173 Å². The standard InChI is InChI=1S/C54H35N4O.Pt/c59-52-30-15-12-25-45(52)54-56-53-43(26-16-29-50(53)58(54)48-27-13-10-23-42(48)37-19-6-2-7-20-37)39-31-38(36-17-4-1-5-18-36)32-40(33-39)47-34-51-46(35-55-47)44-24-11-14-28-49(44)57(51)41-21-8-3-9-22-41;/h1-32,34-35,59H;/q-1;. The first-order valence-electron chi connectivity index (χ1n) is 19.7. The number of para-hydroxylation sites is 5. The maximum absolute atomic E-state index is 11.3. The summed E-state index contributed by atoms with van der Waals surface area (Å²) in [6.07, 6.45) is 2.00. The summed E-state index contributed by atoms with van der Waals surface area (Å²) in [5, 5.41) is 13.6. The number of fused-ring (bicyclic) bond motifs is 4. The van der Waals surface area contributed by atoms with Crippen LogP contribution in [0.4, 0.5) is 0 Å². The van der Waals surface area contributed by atoms with E-state index >= 15 is 0 Å². The monoisotopic (exact) mass is 950 g/mol. The molecule has 0 atom stereocenters. The van der Waals surface area contributed by atoms with Crippen molar-refractivity contribution in [2.75, 3.05) is 0 Å². The summed E-state index contributed by atoms with van der Waals surface area (Å²) in [6.45, 7) is 0. The Hall–Kier alpha value is -7.33. The van der Waals surface area contributed by atoms with Gasteiger partial charge >= 0.3 is 0 Å². The van der Waals surface area contributed by atoms with Crippen molar-refractivity contribution in [2.24, 2.45) is 0 Å². The van der Waals surface area contributed by atoms with Crippen LogP contribution in [0.5, 0.6) is 5.75 Å². The van der Waals surface area contributed by atoms with Gasteiger partial charge in [-0.3, -0.25) is 9.55 Å². The molecule has 0 bridgehead atoms. The summed E-state index contributed by atoms with van der Waals surface area (Å²) in [5.41, 5.74) is 14.4. The summed E-state index contributed by atoms with van der Waals surface area (Å²) in [5.74, 6) is 0.811. The number of aromatic hydroxyl groups is 1. The molecular weight excluding hydrogens is 916 g/mol. The second kappa shape index (κ2) is 15.4. The Morgan fingerprint density at radius 3 is 1.85 bits per heavy atom. The largest absolute Gasteiger partial charge is 0.507 e. The zero-order chi connectivity index (χ0) is 39.3. The quantitative estimate of drug-likeness (QED) is 0.162. The average Bonchev–Trinajstić information content (AvgIpc) is 3.86. The molecule has 0 saturated heterocycles. The fraction of sp³-hybridized carbons (Fsp3) is 0. The third kappa shape index (κ3) is 6.32. The van der Waals surface area contributed by atoms with Gasteiger partial charge in [0.05, 0.1) is 33.3 Å². The Morgan fingerprint density at radius 2 is 1.07 bits per heavy atom. The maximum Gasteiger partial charge on any atom is 0.148 e. The molecule has 0 amide bonds. The van der Waals surface area contributed by atoms with E-state index in [0.29, 0.717) is 11.4 Å².